The van der Waals surface area contributed by atoms with Crippen LogP contribution in [0.1, 0.15) is 44.2 Å². The summed E-state index contributed by atoms with van der Waals surface area (Å²) < 4.78 is 0. The number of amides is 2. The molecule has 1 N–H and O–H groups in total. The molecule has 0 atom stereocenters. The predicted molar refractivity (Wildman–Crippen MR) is 98.2 cm³/mol. The molecule has 0 radical (unpaired) electrons. The van der Waals surface area contributed by atoms with Gasteiger partial charge in [-0.2, -0.15) is 0 Å². The highest BCUT2D eigenvalue weighted by molar-refractivity contribution is 7.14. The van der Waals surface area contributed by atoms with Crippen molar-refractivity contribution in [3.05, 3.63) is 50.7 Å². The van der Waals surface area contributed by atoms with Gasteiger partial charge >= 0.3 is 0 Å². The Labute approximate surface area is 150 Å². The second-order valence-corrected chi connectivity index (χ2v) is 7.63. The maximum Gasteiger partial charge on any atom is 0.265 e. The van der Waals surface area contributed by atoms with E-state index in [9.17, 15) is 9.59 Å². The van der Waals surface area contributed by atoms with Crippen molar-refractivity contribution >= 4 is 40.4 Å². The number of aryl methyl sites for hydroxylation is 1. The Kier molecular flexibility index (Phi) is 5.21. The predicted octanol–water partition coefficient (Wildman–Crippen LogP) is 4.59. The first-order chi connectivity index (χ1) is 11.5. The molecule has 1 aromatic heterocycles. The van der Waals surface area contributed by atoms with E-state index in [1.165, 1.54) is 11.3 Å². The summed E-state index contributed by atoms with van der Waals surface area (Å²) in [4.78, 5) is 28.7. The van der Waals surface area contributed by atoms with Crippen LogP contribution < -0.4 is 5.32 Å². The van der Waals surface area contributed by atoms with E-state index in [4.69, 9.17) is 11.6 Å². The molecule has 6 heteroatoms. The highest BCUT2D eigenvalue weighted by atomic mass is 35.5. The molecule has 3 rings (SSSR count). The zero-order valence-corrected chi connectivity index (χ0v) is 15.0. The monoisotopic (exact) mass is 362 g/mol. The van der Waals surface area contributed by atoms with Crippen LogP contribution in [0.15, 0.2) is 30.3 Å². The summed E-state index contributed by atoms with van der Waals surface area (Å²) in [6.07, 6.45) is 3.21. The Morgan fingerprint density at radius 2 is 1.88 bits per heavy atom. The molecule has 4 nitrogen and oxygen atoms in total. The van der Waals surface area contributed by atoms with E-state index in [1.807, 2.05) is 17.9 Å². The fourth-order valence-corrected chi connectivity index (χ4v) is 3.75. The third-order valence-corrected chi connectivity index (χ3v) is 5.30. The second-order valence-electron chi connectivity index (χ2n) is 5.91. The maximum atomic E-state index is 12.8. The lowest BCUT2D eigenvalue weighted by molar-refractivity contribution is 0.0725. The van der Waals surface area contributed by atoms with Gasteiger partial charge in [-0.15, -0.1) is 11.3 Å². The molecule has 0 saturated carbocycles. The Bertz CT molecular complexity index is 766. The lowest BCUT2D eigenvalue weighted by Crippen LogP contribution is -2.36. The van der Waals surface area contributed by atoms with Gasteiger partial charge in [0.15, 0.2) is 0 Å². The second kappa shape index (κ2) is 7.36. The smallest absolute Gasteiger partial charge is 0.265 e. The van der Waals surface area contributed by atoms with Crippen molar-refractivity contribution < 1.29 is 9.59 Å². The largest absolute Gasteiger partial charge is 0.339 e. The normalized spacial score (nSPS) is 14.5. The van der Waals surface area contributed by atoms with Gasteiger partial charge in [0.1, 0.15) is 0 Å². The van der Waals surface area contributed by atoms with E-state index in [2.05, 4.69) is 5.32 Å². The molecule has 1 aliphatic rings. The topological polar surface area (TPSA) is 49.4 Å². The van der Waals surface area contributed by atoms with Gasteiger partial charge in [-0.05, 0) is 56.5 Å². The Hall–Kier alpha value is -1.85. The van der Waals surface area contributed by atoms with Crippen LogP contribution in [0.25, 0.3) is 0 Å². The van der Waals surface area contributed by atoms with Gasteiger partial charge in [0.05, 0.1) is 16.1 Å². The van der Waals surface area contributed by atoms with E-state index in [0.717, 1.165) is 37.2 Å². The summed E-state index contributed by atoms with van der Waals surface area (Å²) in [5.74, 6) is -0.271. The Morgan fingerprint density at radius 3 is 2.54 bits per heavy atom. The number of hydrogen-bond donors (Lipinski definition) is 1. The van der Waals surface area contributed by atoms with Crippen molar-refractivity contribution in [3.63, 3.8) is 0 Å². The summed E-state index contributed by atoms with van der Waals surface area (Å²) in [7, 11) is 0. The first kappa shape index (κ1) is 17.0. The number of piperidine rings is 1. The zero-order valence-electron chi connectivity index (χ0n) is 13.5. The number of likely N-dealkylation sites (tertiary alicyclic amines) is 1. The molecule has 24 heavy (non-hydrogen) atoms. The molecule has 1 saturated heterocycles. The van der Waals surface area contributed by atoms with Gasteiger partial charge in [-0.3, -0.25) is 9.59 Å². The van der Waals surface area contributed by atoms with E-state index in [-0.39, 0.29) is 11.8 Å². The fourth-order valence-electron chi connectivity index (χ4n) is 2.81. The highest BCUT2D eigenvalue weighted by Gasteiger charge is 2.22. The molecule has 0 spiro atoms. The van der Waals surface area contributed by atoms with Crippen LogP contribution in [0.2, 0.25) is 5.02 Å². The molecule has 0 unspecified atom stereocenters. The molecule has 2 amide bonds. The number of rotatable bonds is 3. The molecule has 2 aromatic rings. The molecule has 1 aromatic carbocycles. The molecule has 1 fully saturated rings. The van der Waals surface area contributed by atoms with Crippen molar-refractivity contribution in [2.45, 2.75) is 26.2 Å². The number of hydrogen-bond acceptors (Lipinski definition) is 3. The van der Waals surface area contributed by atoms with Crippen molar-refractivity contribution in [3.8, 4) is 0 Å². The molecular weight excluding hydrogens is 344 g/mol. The van der Waals surface area contributed by atoms with Crippen LogP contribution in [0.5, 0.6) is 0 Å². The van der Waals surface area contributed by atoms with Gasteiger partial charge in [-0.25, -0.2) is 0 Å². The van der Waals surface area contributed by atoms with Crippen LogP contribution in [0.4, 0.5) is 5.69 Å². The maximum absolute atomic E-state index is 12.8. The van der Waals surface area contributed by atoms with Crippen LogP contribution in [-0.4, -0.2) is 29.8 Å². The number of anilines is 1. The minimum atomic E-state index is -0.219. The van der Waals surface area contributed by atoms with Crippen molar-refractivity contribution in [2.75, 3.05) is 18.4 Å². The first-order valence-corrected chi connectivity index (χ1v) is 9.20. The number of nitrogens with zero attached hydrogens (tertiary/aromatic N) is 1. The average molecular weight is 363 g/mol. The fraction of sp³-hybridized carbons (Fsp3) is 0.333. The number of nitrogens with one attached hydrogen (secondary N) is 1. The summed E-state index contributed by atoms with van der Waals surface area (Å²) in [5, 5.41) is 3.33. The minimum Gasteiger partial charge on any atom is -0.339 e. The van der Waals surface area contributed by atoms with Gasteiger partial charge in [0, 0.05) is 23.0 Å². The molecule has 2 heterocycles. The van der Waals surface area contributed by atoms with Gasteiger partial charge < -0.3 is 10.2 Å². The quantitative estimate of drug-likeness (QED) is 0.868. The van der Waals surface area contributed by atoms with Crippen molar-refractivity contribution in [2.24, 2.45) is 0 Å². The van der Waals surface area contributed by atoms with Crippen LogP contribution >= 0.6 is 22.9 Å². The third kappa shape index (κ3) is 3.79. The number of carbonyl (C=O) groups excluding carboxylic acids is 2. The molecular formula is C18H19ClN2O2S. The van der Waals surface area contributed by atoms with Crippen LogP contribution in [0.3, 0.4) is 0 Å². The van der Waals surface area contributed by atoms with E-state index < -0.39 is 0 Å². The van der Waals surface area contributed by atoms with Gasteiger partial charge in [0.25, 0.3) is 11.8 Å². The zero-order chi connectivity index (χ0) is 17.1. The molecule has 126 valence electrons. The van der Waals surface area contributed by atoms with Crippen molar-refractivity contribution in [1.29, 1.82) is 0 Å². The van der Waals surface area contributed by atoms with Crippen LogP contribution in [-0.2, 0) is 0 Å². The summed E-state index contributed by atoms with van der Waals surface area (Å²) >= 11 is 7.49. The average Bonchev–Trinajstić information content (AvgIpc) is 3.02. The Balaban J connectivity index is 1.85. The Morgan fingerprint density at radius 1 is 1.12 bits per heavy atom. The van der Waals surface area contributed by atoms with Crippen molar-refractivity contribution in [1.82, 2.24) is 4.90 Å². The highest BCUT2D eigenvalue weighted by Crippen LogP contribution is 2.25. The number of halogens is 1. The molecule has 1 aliphatic heterocycles. The minimum absolute atomic E-state index is 0.0518. The summed E-state index contributed by atoms with van der Waals surface area (Å²) in [6, 6.07) is 8.69. The number of benzene rings is 1. The molecule has 0 bridgehead atoms. The standard InChI is InChI=1S/C18H19ClN2O2S/c1-12-5-8-16(24-12)17(22)20-15-11-13(19)6-7-14(15)18(23)21-9-3-2-4-10-21/h5-8,11H,2-4,9-10H2,1H3,(H,20,22). The third-order valence-electron chi connectivity index (χ3n) is 4.07. The SMILES string of the molecule is Cc1ccc(C(=O)Nc2cc(Cl)ccc2C(=O)N2CCCCC2)s1. The lowest BCUT2D eigenvalue weighted by Gasteiger charge is -2.27. The summed E-state index contributed by atoms with van der Waals surface area (Å²) in [5.41, 5.74) is 0.956. The van der Waals surface area contributed by atoms with E-state index in [0.29, 0.717) is 21.2 Å². The number of carbonyl (C=O) groups is 2. The number of thiophene rings is 1. The first-order valence-electron chi connectivity index (χ1n) is 8.01. The van der Waals surface area contributed by atoms with E-state index in [1.54, 1.807) is 24.3 Å². The van der Waals surface area contributed by atoms with E-state index >= 15 is 0 Å². The molecule has 0 aliphatic carbocycles. The van der Waals surface area contributed by atoms with Crippen LogP contribution in [0, 0.1) is 6.92 Å². The van der Waals surface area contributed by atoms with Gasteiger partial charge in [-0.1, -0.05) is 11.6 Å². The summed E-state index contributed by atoms with van der Waals surface area (Å²) in [6.45, 7) is 3.48. The lowest BCUT2D eigenvalue weighted by atomic mass is 10.1. The van der Waals surface area contributed by atoms with Gasteiger partial charge in [0.2, 0.25) is 0 Å².